The van der Waals surface area contributed by atoms with Gasteiger partial charge in [0.1, 0.15) is 13.2 Å². The number of hydrogen-bond donors (Lipinski definition) is 1. The zero-order valence-electron chi connectivity index (χ0n) is 16.2. The molecule has 1 atom stereocenters. The van der Waals surface area contributed by atoms with Gasteiger partial charge in [-0.1, -0.05) is 12.1 Å². The summed E-state index contributed by atoms with van der Waals surface area (Å²) in [5.74, 6) is 1.32. The summed E-state index contributed by atoms with van der Waals surface area (Å²) in [7, 11) is 0. The number of anilines is 1. The quantitative estimate of drug-likeness (QED) is 0.613. The summed E-state index contributed by atoms with van der Waals surface area (Å²) >= 11 is 0. The van der Waals surface area contributed by atoms with Crippen molar-refractivity contribution in [3.63, 3.8) is 0 Å². The highest BCUT2D eigenvalue weighted by molar-refractivity contribution is 5.93. The van der Waals surface area contributed by atoms with Crippen molar-refractivity contribution in [2.45, 2.75) is 25.8 Å². The van der Waals surface area contributed by atoms with Crippen molar-refractivity contribution in [2.24, 2.45) is 0 Å². The average Bonchev–Trinajstić information content (AvgIpc) is 3.17. The molecule has 1 amide bonds. The molecular weight excluding hydrogens is 374 g/mol. The van der Waals surface area contributed by atoms with E-state index in [2.05, 4.69) is 10.2 Å². The first kappa shape index (κ1) is 19.2. The molecule has 2 aliphatic rings. The van der Waals surface area contributed by atoms with Crippen molar-refractivity contribution < 1.29 is 19.2 Å². The summed E-state index contributed by atoms with van der Waals surface area (Å²) in [6.07, 6.45) is 1.96. The van der Waals surface area contributed by atoms with Crippen LogP contribution in [0.4, 0.5) is 11.4 Å². The summed E-state index contributed by atoms with van der Waals surface area (Å²) < 4.78 is 11.3. The van der Waals surface area contributed by atoms with Crippen molar-refractivity contribution in [1.82, 2.24) is 4.90 Å². The molecule has 1 saturated heterocycles. The van der Waals surface area contributed by atoms with Crippen molar-refractivity contribution in [1.29, 1.82) is 0 Å². The number of nitrogens with zero attached hydrogens (tertiary/aromatic N) is 2. The third-order valence-corrected chi connectivity index (χ3v) is 5.44. The van der Waals surface area contributed by atoms with Gasteiger partial charge in [-0.3, -0.25) is 19.8 Å². The van der Waals surface area contributed by atoms with Gasteiger partial charge < -0.3 is 14.8 Å². The molecule has 2 aromatic rings. The molecule has 2 aromatic carbocycles. The van der Waals surface area contributed by atoms with E-state index in [1.807, 2.05) is 18.2 Å². The first-order valence-electron chi connectivity index (χ1n) is 9.70. The van der Waals surface area contributed by atoms with Gasteiger partial charge in [-0.25, -0.2) is 0 Å². The molecule has 1 unspecified atom stereocenters. The fourth-order valence-electron chi connectivity index (χ4n) is 3.99. The zero-order valence-corrected chi connectivity index (χ0v) is 16.2. The van der Waals surface area contributed by atoms with Crippen LogP contribution in [0.1, 0.15) is 30.0 Å². The summed E-state index contributed by atoms with van der Waals surface area (Å²) in [5.41, 5.74) is 2.03. The van der Waals surface area contributed by atoms with Crippen molar-refractivity contribution in [3.8, 4) is 11.5 Å². The minimum absolute atomic E-state index is 0.00173. The minimum Gasteiger partial charge on any atom is -0.486 e. The molecule has 1 N–H and O–H groups in total. The summed E-state index contributed by atoms with van der Waals surface area (Å²) in [4.78, 5) is 25.4. The van der Waals surface area contributed by atoms with E-state index >= 15 is 0 Å². The molecule has 2 aliphatic heterocycles. The smallest absolute Gasteiger partial charge is 0.274 e. The number of nitro benzene ring substituents is 1. The van der Waals surface area contributed by atoms with Gasteiger partial charge in [-0.05, 0) is 50.1 Å². The van der Waals surface area contributed by atoms with Gasteiger partial charge in [0, 0.05) is 12.1 Å². The van der Waals surface area contributed by atoms with Gasteiger partial charge in [-0.2, -0.15) is 0 Å². The van der Waals surface area contributed by atoms with E-state index in [0.29, 0.717) is 24.5 Å². The summed E-state index contributed by atoms with van der Waals surface area (Å²) in [6, 6.07) is 10.8. The van der Waals surface area contributed by atoms with E-state index in [1.165, 1.54) is 6.07 Å². The first-order valence-corrected chi connectivity index (χ1v) is 9.70. The number of benzene rings is 2. The first-order chi connectivity index (χ1) is 14.0. The summed E-state index contributed by atoms with van der Waals surface area (Å²) in [5, 5.41) is 13.9. The van der Waals surface area contributed by atoms with Crippen LogP contribution in [0.15, 0.2) is 36.4 Å². The van der Waals surface area contributed by atoms with Crippen LogP contribution in [0.3, 0.4) is 0 Å². The lowest BCUT2D eigenvalue weighted by atomic mass is 10.0. The maximum atomic E-state index is 12.6. The molecule has 0 saturated carbocycles. The molecule has 0 spiro atoms. The molecule has 8 nitrogen and oxygen atoms in total. The average molecular weight is 397 g/mol. The van der Waals surface area contributed by atoms with Crippen molar-refractivity contribution in [3.05, 3.63) is 57.6 Å². The number of fused-ring (bicyclic) bond motifs is 1. The molecule has 29 heavy (non-hydrogen) atoms. The third kappa shape index (κ3) is 4.02. The molecule has 152 valence electrons. The standard InChI is InChI=1S/C21H23N3O5/c1-14-16(4-2-5-17(14)24(26)27)22-21(25)13-23-9-3-6-18(23)15-7-8-19-20(12-15)29-11-10-28-19/h2,4-5,7-8,12,18H,3,6,9-11,13H2,1H3,(H,22,25). The topological polar surface area (TPSA) is 93.9 Å². The number of ether oxygens (including phenoxy) is 2. The second-order valence-corrected chi connectivity index (χ2v) is 7.29. The van der Waals surface area contributed by atoms with E-state index in [1.54, 1.807) is 19.1 Å². The second-order valence-electron chi connectivity index (χ2n) is 7.29. The van der Waals surface area contributed by atoms with Crippen LogP contribution in [-0.4, -0.2) is 42.0 Å². The maximum Gasteiger partial charge on any atom is 0.274 e. The van der Waals surface area contributed by atoms with Gasteiger partial charge >= 0.3 is 0 Å². The number of likely N-dealkylation sites (tertiary alicyclic amines) is 1. The Morgan fingerprint density at radius 3 is 2.83 bits per heavy atom. The number of carbonyl (C=O) groups excluding carboxylic acids is 1. The fraction of sp³-hybridized carbons (Fsp3) is 0.381. The highest BCUT2D eigenvalue weighted by atomic mass is 16.6. The number of nitrogens with one attached hydrogen (secondary N) is 1. The van der Waals surface area contributed by atoms with Gasteiger partial charge in [0.15, 0.2) is 11.5 Å². The largest absolute Gasteiger partial charge is 0.486 e. The van der Waals surface area contributed by atoms with Crippen LogP contribution in [0, 0.1) is 17.0 Å². The Morgan fingerprint density at radius 1 is 1.24 bits per heavy atom. The Morgan fingerprint density at radius 2 is 2.03 bits per heavy atom. The molecule has 4 rings (SSSR count). The maximum absolute atomic E-state index is 12.6. The van der Waals surface area contributed by atoms with Crippen molar-refractivity contribution in [2.75, 3.05) is 31.6 Å². The van der Waals surface area contributed by atoms with Crippen LogP contribution in [-0.2, 0) is 4.79 Å². The van der Waals surface area contributed by atoms with E-state index in [4.69, 9.17) is 9.47 Å². The molecule has 8 heteroatoms. The van der Waals surface area contributed by atoms with Crippen LogP contribution in [0.25, 0.3) is 0 Å². The third-order valence-electron chi connectivity index (χ3n) is 5.44. The van der Waals surface area contributed by atoms with Crippen LogP contribution >= 0.6 is 0 Å². The molecule has 0 aromatic heterocycles. The number of carbonyl (C=O) groups is 1. The molecule has 0 aliphatic carbocycles. The Kier molecular flexibility index (Phi) is 5.35. The predicted octanol–water partition coefficient (Wildman–Crippen LogP) is 3.45. The lowest BCUT2D eigenvalue weighted by Gasteiger charge is -2.26. The van der Waals surface area contributed by atoms with Crippen LogP contribution < -0.4 is 14.8 Å². The Balaban J connectivity index is 1.46. The van der Waals surface area contributed by atoms with Gasteiger partial charge in [0.05, 0.1) is 22.7 Å². The van der Waals surface area contributed by atoms with E-state index in [-0.39, 0.29) is 24.2 Å². The number of rotatable bonds is 5. The van der Waals surface area contributed by atoms with Crippen LogP contribution in [0.2, 0.25) is 0 Å². The monoisotopic (exact) mass is 397 g/mol. The predicted molar refractivity (Wildman–Crippen MR) is 107 cm³/mol. The molecule has 0 bridgehead atoms. The highest BCUT2D eigenvalue weighted by Crippen LogP contribution is 2.38. The van der Waals surface area contributed by atoms with Gasteiger partial charge in [-0.15, -0.1) is 0 Å². The Bertz CT molecular complexity index is 946. The van der Waals surface area contributed by atoms with E-state index in [9.17, 15) is 14.9 Å². The number of hydrogen-bond acceptors (Lipinski definition) is 6. The van der Waals surface area contributed by atoms with Crippen molar-refractivity contribution >= 4 is 17.3 Å². The zero-order chi connectivity index (χ0) is 20.4. The molecular formula is C21H23N3O5. The fourth-order valence-corrected chi connectivity index (χ4v) is 3.99. The van der Waals surface area contributed by atoms with Crippen LogP contribution in [0.5, 0.6) is 11.5 Å². The summed E-state index contributed by atoms with van der Waals surface area (Å²) in [6.45, 7) is 3.78. The SMILES string of the molecule is Cc1c(NC(=O)CN2CCCC2c2ccc3c(c2)OCCO3)cccc1[N+](=O)[O-]. The molecule has 0 radical (unpaired) electrons. The number of amides is 1. The lowest BCUT2D eigenvalue weighted by molar-refractivity contribution is -0.385. The van der Waals surface area contributed by atoms with Gasteiger partial charge in [0.25, 0.3) is 5.69 Å². The van der Waals surface area contributed by atoms with E-state index < -0.39 is 4.92 Å². The number of nitro groups is 1. The van der Waals surface area contributed by atoms with Gasteiger partial charge in [0.2, 0.25) is 5.91 Å². The lowest BCUT2D eigenvalue weighted by Crippen LogP contribution is -2.33. The molecule has 2 heterocycles. The Labute approximate surface area is 168 Å². The van der Waals surface area contributed by atoms with E-state index in [0.717, 1.165) is 36.4 Å². The Hall–Kier alpha value is -3.13. The second kappa shape index (κ2) is 8.08. The molecule has 1 fully saturated rings. The normalized spacial score (nSPS) is 18.4. The highest BCUT2D eigenvalue weighted by Gasteiger charge is 2.29. The minimum atomic E-state index is -0.441.